The predicted molar refractivity (Wildman–Crippen MR) is 185 cm³/mol. The fourth-order valence-corrected chi connectivity index (χ4v) is 4.72. The van der Waals surface area contributed by atoms with Crippen LogP contribution in [0.25, 0.3) is 56.4 Å². The first-order valence-corrected chi connectivity index (χ1v) is 14.5. The largest absolute Gasteiger partial charge is 0.228 e. The van der Waals surface area contributed by atoms with Gasteiger partial charge >= 0.3 is 0 Å². The van der Waals surface area contributed by atoms with Crippen LogP contribution in [0, 0.1) is 0 Å². The molecule has 0 saturated heterocycles. The van der Waals surface area contributed by atoms with E-state index < -0.39 is 0 Å². The Morgan fingerprint density at radius 2 is 1.11 bits per heavy atom. The van der Waals surface area contributed by atoms with Crippen molar-refractivity contribution in [1.82, 2.24) is 19.9 Å². The van der Waals surface area contributed by atoms with Crippen LogP contribution in [0.2, 0.25) is 0 Å². The maximum absolute atomic E-state index is 5.01. The molecule has 3 aromatic carbocycles. The molecule has 0 bridgehead atoms. The third-order valence-electron chi connectivity index (χ3n) is 6.97. The van der Waals surface area contributed by atoms with Crippen molar-refractivity contribution in [2.24, 2.45) is 0 Å². The molecule has 2 heterocycles. The first kappa shape index (κ1) is 29.7. The van der Waals surface area contributed by atoms with E-state index in [2.05, 4.69) is 43.5 Å². The molecule has 0 atom stereocenters. The highest BCUT2D eigenvalue weighted by Crippen LogP contribution is 2.30. The van der Waals surface area contributed by atoms with Crippen LogP contribution < -0.4 is 0 Å². The average Bonchev–Trinajstić information content (AvgIpc) is 3.09. The van der Waals surface area contributed by atoms with Crippen molar-refractivity contribution in [3.63, 3.8) is 0 Å². The molecule has 2 aromatic heterocycles. The Balaban J connectivity index is 1.67. The van der Waals surface area contributed by atoms with Crippen molar-refractivity contribution in [3.05, 3.63) is 170 Å². The van der Waals surface area contributed by atoms with E-state index in [0.717, 1.165) is 56.2 Å². The predicted octanol–water partition coefficient (Wildman–Crippen LogP) is 10.2. The molecule has 0 fully saturated rings. The fourth-order valence-electron chi connectivity index (χ4n) is 4.72. The molecule has 0 spiro atoms. The van der Waals surface area contributed by atoms with Gasteiger partial charge in [0.2, 0.25) is 0 Å². The lowest BCUT2D eigenvalue weighted by atomic mass is 10.0. The third-order valence-corrected chi connectivity index (χ3v) is 6.97. The number of hydrogen-bond donors (Lipinski definition) is 0. The first-order valence-electron chi connectivity index (χ1n) is 14.5. The maximum atomic E-state index is 5.01. The minimum absolute atomic E-state index is 0.599. The van der Waals surface area contributed by atoms with Crippen LogP contribution in [0.4, 0.5) is 0 Å². The summed E-state index contributed by atoms with van der Waals surface area (Å²) < 4.78 is 0. The van der Waals surface area contributed by atoms with E-state index in [0.29, 0.717) is 11.6 Å². The molecular formula is C40H34N4. The molecule has 0 saturated carbocycles. The van der Waals surface area contributed by atoms with Gasteiger partial charge in [0.1, 0.15) is 0 Å². The van der Waals surface area contributed by atoms with E-state index in [1.165, 1.54) is 0 Å². The number of allylic oxidation sites excluding steroid dienone is 10. The van der Waals surface area contributed by atoms with Crippen LogP contribution in [-0.2, 0) is 0 Å². The summed E-state index contributed by atoms with van der Waals surface area (Å²) in [6.07, 6.45) is 15.5. The number of aromatic nitrogens is 4. The fraction of sp³-hybridized carbons (Fsp3) is 0.0500. The molecule has 5 rings (SSSR count). The smallest absolute Gasteiger partial charge is 0.160 e. The standard InChI is InChI=1S/C40H34N4/c1-5-9-18-29(7-3)35-27-36(30(8-4)19-10-6-2)42-39(41-35)33-24-17-25-34(26-33)40-43-37(31-20-13-11-14-21-31)28-38(44-40)32-22-15-12-16-23-32/h5-28H,1,4H2,2-3H3/b10-6-,18-9-,29-7+,30-19+. The molecule has 0 N–H and O–H groups in total. The lowest BCUT2D eigenvalue weighted by Crippen LogP contribution is -2.00. The molecule has 4 heteroatoms. The highest BCUT2D eigenvalue weighted by molar-refractivity contribution is 5.80. The van der Waals surface area contributed by atoms with E-state index in [1.807, 2.05) is 123 Å². The van der Waals surface area contributed by atoms with Gasteiger partial charge in [-0.3, -0.25) is 0 Å². The molecular weight excluding hydrogens is 536 g/mol. The minimum Gasteiger partial charge on any atom is -0.228 e. The molecule has 0 unspecified atom stereocenters. The third kappa shape index (κ3) is 7.00. The summed E-state index contributed by atoms with van der Waals surface area (Å²) in [7, 11) is 0. The Morgan fingerprint density at radius 3 is 1.64 bits per heavy atom. The van der Waals surface area contributed by atoms with E-state index in [-0.39, 0.29) is 0 Å². The summed E-state index contributed by atoms with van der Waals surface area (Å²) in [5.41, 5.74) is 8.96. The number of hydrogen-bond acceptors (Lipinski definition) is 4. The summed E-state index contributed by atoms with van der Waals surface area (Å²) in [4.78, 5) is 20.0. The van der Waals surface area contributed by atoms with Gasteiger partial charge in [-0.2, -0.15) is 0 Å². The molecule has 44 heavy (non-hydrogen) atoms. The Hall–Kier alpha value is -5.74. The van der Waals surface area contributed by atoms with E-state index >= 15 is 0 Å². The van der Waals surface area contributed by atoms with Crippen molar-refractivity contribution in [2.45, 2.75) is 13.8 Å². The lowest BCUT2D eigenvalue weighted by molar-refractivity contribution is 1.13. The monoisotopic (exact) mass is 570 g/mol. The highest BCUT2D eigenvalue weighted by Gasteiger charge is 2.14. The van der Waals surface area contributed by atoms with Crippen molar-refractivity contribution in [3.8, 4) is 45.3 Å². The first-order chi connectivity index (χ1) is 21.6. The van der Waals surface area contributed by atoms with Gasteiger partial charge in [0.05, 0.1) is 22.8 Å². The highest BCUT2D eigenvalue weighted by atomic mass is 14.9. The van der Waals surface area contributed by atoms with Gasteiger partial charge in [0, 0.05) is 22.3 Å². The van der Waals surface area contributed by atoms with Crippen molar-refractivity contribution < 1.29 is 0 Å². The van der Waals surface area contributed by atoms with Crippen LogP contribution in [0.3, 0.4) is 0 Å². The molecule has 5 aromatic rings. The van der Waals surface area contributed by atoms with Crippen LogP contribution in [0.5, 0.6) is 0 Å². The second-order valence-corrected chi connectivity index (χ2v) is 9.93. The number of nitrogens with zero attached hydrogens (tertiary/aromatic N) is 4. The van der Waals surface area contributed by atoms with Gasteiger partial charge in [-0.25, -0.2) is 19.9 Å². The summed E-state index contributed by atoms with van der Waals surface area (Å²) in [6.45, 7) is 11.8. The summed E-state index contributed by atoms with van der Waals surface area (Å²) in [5, 5.41) is 0. The van der Waals surface area contributed by atoms with Gasteiger partial charge in [-0.05, 0) is 43.2 Å². The lowest BCUT2D eigenvalue weighted by Gasteiger charge is -2.12. The van der Waals surface area contributed by atoms with Gasteiger partial charge in [0.15, 0.2) is 11.6 Å². The Labute approximate surface area is 260 Å². The second kappa shape index (κ2) is 14.4. The van der Waals surface area contributed by atoms with Crippen molar-refractivity contribution in [1.29, 1.82) is 0 Å². The zero-order valence-electron chi connectivity index (χ0n) is 25.1. The van der Waals surface area contributed by atoms with Gasteiger partial charge in [0.25, 0.3) is 0 Å². The van der Waals surface area contributed by atoms with Gasteiger partial charge < -0.3 is 0 Å². The van der Waals surface area contributed by atoms with Gasteiger partial charge in [-0.15, -0.1) is 0 Å². The van der Waals surface area contributed by atoms with Crippen LogP contribution >= 0.6 is 0 Å². The van der Waals surface area contributed by atoms with E-state index in [4.69, 9.17) is 19.9 Å². The van der Waals surface area contributed by atoms with Crippen molar-refractivity contribution in [2.75, 3.05) is 0 Å². The average molecular weight is 571 g/mol. The Bertz CT molecular complexity index is 1840. The van der Waals surface area contributed by atoms with Crippen LogP contribution in [0.1, 0.15) is 25.2 Å². The maximum Gasteiger partial charge on any atom is 0.160 e. The van der Waals surface area contributed by atoms with Crippen LogP contribution in [0.15, 0.2) is 159 Å². The zero-order valence-corrected chi connectivity index (χ0v) is 25.1. The Morgan fingerprint density at radius 1 is 0.568 bits per heavy atom. The van der Waals surface area contributed by atoms with E-state index in [1.54, 1.807) is 6.08 Å². The quantitative estimate of drug-likeness (QED) is 0.157. The van der Waals surface area contributed by atoms with Crippen LogP contribution in [-0.4, -0.2) is 19.9 Å². The molecule has 0 radical (unpaired) electrons. The summed E-state index contributed by atoms with van der Waals surface area (Å²) in [6, 6.07) is 32.5. The summed E-state index contributed by atoms with van der Waals surface area (Å²) >= 11 is 0. The normalized spacial score (nSPS) is 12.1. The molecule has 0 amide bonds. The SMILES string of the molecule is C=C/C=C\C(=C/C)c1cc(/C(C=C)=C/C=C\C)nc(-c2cccc(-c3nc(-c4ccccc4)cc(-c4ccccc4)n3)c2)n1. The molecule has 0 aliphatic rings. The molecule has 0 aliphatic carbocycles. The molecule has 214 valence electrons. The minimum atomic E-state index is 0.599. The van der Waals surface area contributed by atoms with Gasteiger partial charge in [-0.1, -0.05) is 141 Å². The second-order valence-electron chi connectivity index (χ2n) is 9.93. The Kier molecular flexibility index (Phi) is 9.76. The summed E-state index contributed by atoms with van der Waals surface area (Å²) in [5.74, 6) is 1.23. The van der Waals surface area contributed by atoms with E-state index in [9.17, 15) is 0 Å². The van der Waals surface area contributed by atoms with Crippen molar-refractivity contribution >= 4 is 11.1 Å². The molecule has 0 aliphatic heterocycles. The number of benzene rings is 3. The topological polar surface area (TPSA) is 51.6 Å². The number of rotatable bonds is 10. The zero-order chi connectivity index (χ0) is 30.7. The molecule has 4 nitrogen and oxygen atoms in total.